The van der Waals surface area contributed by atoms with Crippen LogP contribution in [0.3, 0.4) is 0 Å². The van der Waals surface area contributed by atoms with E-state index in [1.807, 2.05) is 6.08 Å². The zero-order valence-electron chi connectivity index (χ0n) is 17.2. The number of nitrogens with zero attached hydrogens (tertiary/aromatic N) is 3. The Kier molecular flexibility index (Phi) is 6.60. The molecule has 1 saturated carbocycles. The van der Waals surface area contributed by atoms with E-state index in [0.717, 1.165) is 16.7 Å². The van der Waals surface area contributed by atoms with Crippen LogP contribution in [0.15, 0.2) is 36.0 Å². The quantitative estimate of drug-likeness (QED) is 0.459. The fourth-order valence-electron chi connectivity index (χ4n) is 3.35. The molecule has 0 aliphatic heterocycles. The molecule has 0 unspecified atom stereocenters. The summed E-state index contributed by atoms with van der Waals surface area (Å²) >= 11 is 1.44. The first-order valence-corrected chi connectivity index (χ1v) is 11.0. The Balaban J connectivity index is 1.73. The fourth-order valence-corrected chi connectivity index (χ4v) is 4.11. The zero-order valence-corrected chi connectivity index (χ0v) is 18.1. The Hall–Kier alpha value is -2.08. The highest BCUT2D eigenvalue weighted by molar-refractivity contribution is 7.99. The van der Waals surface area contributed by atoms with Crippen molar-refractivity contribution in [3.63, 3.8) is 0 Å². The van der Waals surface area contributed by atoms with Crippen molar-refractivity contribution in [1.82, 2.24) is 14.8 Å². The topological polar surface area (TPSA) is 59.8 Å². The molecule has 150 valence electrons. The number of amides is 1. The molecule has 2 aromatic rings. The van der Waals surface area contributed by atoms with Gasteiger partial charge in [0.25, 0.3) is 0 Å². The third-order valence-electron chi connectivity index (χ3n) is 4.97. The smallest absolute Gasteiger partial charge is 0.234 e. The van der Waals surface area contributed by atoms with Crippen molar-refractivity contribution in [2.24, 2.45) is 0 Å². The van der Waals surface area contributed by atoms with Crippen LogP contribution in [-0.2, 0) is 11.3 Å². The number of hydrogen-bond donors (Lipinski definition) is 1. The van der Waals surface area contributed by atoms with Gasteiger partial charge in [-0.2, -0.15) is 0 Å². The molecule has 1 heterocycles. The van der Waals surface area contributed by atoms with E-state index >= 15 is 0 Å². The number of carbonyl (C=O) groups is 1. The Morgan fingerprint density at radius 3 is 2.43 bits per heavy atom. The first-order valence-electron chi connectivity index (χ1n) is 10.0. The maximum Gasteiger partial charge on any atom is 0.234 e. The second kappa shape index (κ2) is 8.95. The minimum atomic E-state index is -0.0128. The average molecular weight is 399 g/mol. The van der Waals surface area contributed by atoms with Gasteiger partial charge in [0, 0.05) is 18.2 Å². The highest BCUT2D eigenvalue weighted by Gasteiger charge is 2.30. The monoisotopic (exact) mass is 398 g/mol. The van der Waals surface area contributed by atoms with E-state index in [4.69, 9.17) is 0 Å². The summed E-state index contributed by atoms with van der Waals surface area (Å²) in [6.07, 6.45) is 4.20. The number of aromatic nitrogens is 3. The lowest BCUT2D eigenvalue weighted by molar-refractivity contribution is -0.113. The summed E-state index contributed by atoms with van der Waals surface area (Å²) in [5.41, 5.74) is 3.31. The fraction of sp³-hybridized carbons (Fsp3) is 0.500. The Bertz CT molecular complexity index is 826. The number of benzene rings is 1. The van der Waals surface area contributed by atoms with Crippen LogP contribution in [0.1, 0.15) is 75.2 Å². The summed E-state index contributed by atoms with van der Waals surface area (Å²) in [4.78, 5) is 12.7. The van der Waals surface area contributed by atoms with Gasteiger partial charge in [-0.3, -0.25) is 4.79 Å². The average Bonchev–Trinajstić information content (AvgIpc) is 3.42. The van der Waals surface area contributed by atoms with Gasteiger partial charge in [0.05, 0.1) is 5.75 Å². The van der Waals surface area contributed by atoms with Gasteiger partial charge < -0.3 is 9.88 Å². The molecule has 0 spiro atoms. The molecule has 0 radical (unpaired) electrons. The number of anilines is 1. The van der Waals surface area contributed by atoms with Crippen molar-refractivity contribution in [1.29, 1.82) is 0 Å². The first kappa shape index (κ1) is 20.6. The molecular weight excluding hydrogens is 368 g/mol. The van der Waals surface area contributed by atoms with E-state index in [0.29, 0.717) is 30.1 Å². The van der Waals surface area contributed by atoms with Gasteiger partial charge in [0.15, 0.2) is 5.16 Å². The molecule has 5 nitrogen and oxygen atoms in total. The first-order chi connectivity index (χ1) is 13.4. The highest BCUT2D eigenvalue weighted by Crippen LogP contribution is 2.40. The zero-order chi connectivity index (χ0) is 20.3. The number of allylic oxidation sites excluding steroid dienone is 1. The third-order valence-corrected chi connectivity index (χ3v) is 5.94. The van der Waals surface area contributed by atoms with E-state index in [-0.39, 0.29) is 5.91 Å². The van der Waals surface area contributed by atoms with Gasteiger partial charge in [0.1, 0.15) is 5.82 Å². The van der Waals surface area contributed by atoms with Crippen molar-refractivity contribution < 1.29 is 4.79 Å². The molecule has 28 heavy (non-hydrogen) atoms. The predicted molar refractivity (Wildman–Crippen MR) is 116 cm³/mol. The van der Waals surface area contributed by atoms with Crippen molar-refractivity contribution in [2.75, 3.05) is 11.1 Å². The van der Waals surface area contributed by atoms with Gasteiger partial charge >= 0.3 is 0 Å². The molecule has 1 aromatic carbocycles. The van der Waals surface area contributed by atoms with Crippen molar-refractivity contribution in [3.05, 3.63) is 47.8 Å². The number of nitrogens with one attached hydrogen (secondary N) is 1. The van der Waals surface area contributed by atoms with Crippen LogP contribution >= 0.6 is 11.8 Å². The molecule has 1 aromatic heterocycles. The van der Waals surface area contributed by atoms with Crippen LogP contribution in [0.2, 0.25) is 0 Å². The number of thioether (sulfide) groups is 1. The minimum Gasteiger partial charge on any atom is -0.325 e. The molecule has 1 aliphatic carbocycles. The largest absolute Gasteiger partial charge is 0.325 e. The van der Waals surface area contributed by atoms with Gasteiger partial charge in [-0.15, -0.1) is 16.8 Å². The number of hydrogen-bond acceptors (Lipinski definition) is 4. The van der Waals surface area contributed by atoms with Crippen LogP contribution in [0.25, 0.3) is 0 Å². The molecule has 1 amide bonds. The summed E-state index contributed by atoms with van der Waals surface area (Å²) in [6.45, 7) is 13.1. The standard InChI is InChI=1S/C22H30N4OS/c1-6-12-26-21(16-10-11-16)24-25-22(26)28-13-19(27)23-20-17(14(2)3)8-7-9-18(20)15(4)5/h6-9,14-16H,1,10-13H2,2-5H3,(H,23,27). The number of carbonyl (C=O) groups excluding carboxylic acids is 1. The van der Waals surface area contributed by atoms with Crippen LogP contribution in [0, 0.1) is 0 Å². The van der Waals surface area contributed by atoms with Crippen molar-refractivity contribution in [3.8, 4) is 0 Å². The van der Waals surface area contributed by atoms with Gasteiger partial charge in [0.2, 0.25) is 5.91 Å². The lowest BCUT2D eigenvalue weighted by Crippen LogP contribution is -2.18. The Labute approximate surface area is 172 Å². The normalized spacial score (nSPS) is 13.9. The highest BCUT2D eigenvalue weighted by atomic mass is 32.2. The third kappa shape index (κ3) is 4.66. The van der Waals surface area contributed by atoms with Crippen LogP contribution in [-0.4, -0.2) is 26.4 Å². The summed E-state index contributed by atoms with van der Waals surface area (Å²) in [5, 5.41) is 12.6. The summed E-state index contributed by atoms with van der Waals surface area (Å²) in [7, 11) is 0. The Morgan fingerprint density at radius 2 is 1.89 bits per heavy atom. The SMILES string of the molecule is C=CCn1c(SCC(=O)Nc2c(C(C)C)cccc2C(C)C)nnc1C1CC1. The number of rotatable bonds is 9. The molecule has 1 aliphatic rings. The molecular formula is C22H30N4OS. The maximum atomic E-state index is 12.7. The van der Waals surface area contributed by atoms with Crippen LogP contribution in [0.4, 0.5) is 5.69 Å². The molecule has 1 N–H and O–H groups in total. The second-order valence-electron chi connectivity index (χ2n) is 7.97. The second-order valence-corrected chi connectivity index (χ2v) is 8.91. The van der Waals surface area contributed by atoms with Gasteiger partial charge in [-0.05, 0) is 35.8 Å². The molecule has 0 bridgehead atoms. The summed E-state index contributed by atoms with van der Waals surface area (Å²) in [5.74, 6) is 2.53. The molecule has 1 fully saturated rings. The molecule has 0 saturated heterocycles. The van der Waals surface area contributed by atoms with E-state index < -0.39 is 0 Å². The van der Waals surface area contributed by atoms with Crippen molar-refractivity contribution >= 4 is 23.4 Å². The Morgan fingerprint density at radius 1 is 1.25 bits per heavy atom. The lowest BCUT2D eigenvalue weighted by Gasteiger charge is -2.20. The van der Waals surface area contributed by atoms with Crippen LogP contribution < -0.4 is 5.32 Å². The van der Waals surface area contributed by atoms with E-state index in [1.54, 1.807) is 0 Å². The number of para-hydroxylation sites is 1. The van der Waals surface area contributed by atoms with Crippen molar-refractivity contribution in [2.45, 2.75) is 70.0 Å². The van der Waals surface area contributed by atoms with Gasteiger partial charge in [-0.1, -0.05) is 63.7 Å². The maximum absolute atomic E-state index is 12.7. The summed E-state index contributed by atoms with van der Waals surface area (Å²) in [6, 6.07) is 6.27. The van der Waals surface area contributed by atoms with E-state index in [2.05, 4.69) is 72.6 Å². The summed E-state index contributed by atoms with van der Waals surface area (Å²) < 4.78 is 2.09. The van der Waals surface area contributed by atoms with E-state index in [1.165, 1.54) is 35.7 Å². The van der Waals surface area contributed by atoms with Gasteiger partial charge in [-0.25, -0.2) is 0 Å². The van der Waals surface area contributed by atoms with Crippen LogP contribution in [0.5, 0.6) is 0 Å². The molecule has 6 heteroatoms. The minimum absolute atomic E-state index is 0.0128. The molecule has 3 rings (SSSR count). The van der Waals surface area contributed by atoms with E-state index in [9.17, 15) is 4.79 Å². The lowest BCUT2D eigenvalue weighted by atomic mass is 9.92. The molecule has 0 atom stereocenters. The predicted octanol–water partition coefficient (Wildman–Crippen LogP) is 5.32.